The second kappa shape index (κ2) is 2.63. The van der Waals surface area contributed by atoms with Crippen molar-refractivity contribution in [3.63, 3.8) is 0 Å². The Hall–Kier alpha value is -0.300. The summed E-state index contributed by atoms with van der Waals surface area (Å²) in [7, 11) is 0. The van der Waals surface area contributed by atoms with Gasteiger partial charge in [-0.05, 0) is 26.2 Å². The number of allylic oxidation sites excluding steroid dienone is 1. The van der Waals surface area contributed by atoms with E-state index in [2.05, 4.69) is 33.8 Å². The average Bonchev–Trinajstić information content (AvgIpc) is 2.41. The van der Waals surface area contributed by atoms with Crippen LogP contribution in [-0.4, -0.2) is 5.54 Å². The molecule has 1 heteroatoms. The first-order valence-electron chi connectivity index (χ1n) is 4.49. The second-order valence-corrected chi connectivity index (χ2v) is 3.85. The van der Waals surface area contributed by atoms with Crippen molar-refractivity contribution in [1.82, 2.24) is 0 Å². The van der Waals surface area contributed by atoms with Crippen LogP contribution in [0.2, 0.25) is 0 Å². The predicted molar refractivity (Wildman–Crippen MR) is 49.3 cm³/mol. The molecule has 1 fully saturated rings. The molecular formula is C10H19N. The minimum absolute atomic E-state index is 0.0812. The zero-order valence-electron chi connectivity index (χ0n) is 8.02. The lowest BCUT2D eigenvalue weighted by Gasteiger charge is -2.04. The lowest BCUT2D eigenvalue weighted by molar-refractivity contribution is 0.665. The molecule has 1 aliphatic rings. The molecule has 0 radical (unpaired) electrons. The van der Waals surface area contributed by atoms with Crippen molar-refractivity contribution in [3.8, 4) is 0 Å². The van der Waals surface area contributed by atoms with Gasteiger partial charge >= 0.3 is 0 Å². The minimum atomic E-state index is 0.0812. The van der Waals surface area contributed by atoms with Crippen LogP contribution < -0.4 is 5.73 Å². The Kier molecular flexibility index (Phi) is 2.10. The molecule has 0 aromatic carbocycles. The van der Waals surface area contributed by atoms with Crippen molar-refractivity contribution >= 4 is 0 Å². The van der Waals surface area contributed by atoms with E-state index in [0.717, 1.165) is 6.42 Å². The van der Waals surface area contributed by atoms with E-state index in [0.29, 0.717) is 11.8 Å². The van der Waals surface area contributed by atoms with Crippen molar-refractivity contribution in [1.29, 1.82) is 0 Å². The van der Waals surface area contributed by atoms with E-state index in [4.69, 9.17) is 5.73 Å². The first kappa shape index (κ1) is 8.79. The predicted octanol–water partition coefficient (Wildman–Crippen LogP) is 2.33. The lowest BCUT2D eigenvalue weighted by atomic mass is 10.1. The summed E-state index contributed by atoms with van der Waals surface area (Å²) in [5, 5.41) is 0. The summed E-state index contributed by atoms with van der Waals surface area (Å²) in [6.45, 7) is 8.71. The van der Waals surface area contributed by atoms with Gasteiger partial charge in [-0.1, -0.05) is 25.5 Å². The van der Waals surface area contributed by atoms with Gasteiger partial charge in [-0.2, -0.15) is 0 Å². The van der Waals surface area contributed by atoms with Crippen molar-refractivity contribution in [2.45, 2.75) is 39.7 Å². The maximum absolute atomic E-state index is 6.06. The van der Waals surface area contributed by atoms with Crippen LogP contribution in [0.3, 0.4) is 0 Å². The third-order valence-electron chi connectivity index (χ3n) is 3.22. The zero-order valence-corrected chi connectivity index (χ0v) is 8.02. The molecule has 0 saturated heterocycles. The first-order valence-corrected chi connectivity index (χ1v) is 4.49. The van der Waals surface area contributed by atoms with E-state index in [1.807, 2.05) is 0 Å². The topological polar surface area (TPSA) is 26.0 Å². The molecule has 0 aromatic heterocycles. The number of hydrogen-bond acceptors (Lipinski definition) is 1. The van der Waals surface area contributed by atoms with Gasteiger partial charge in [-0.25, -0.2) is 0 Å². The van der Waals surface area contributed by atoms with Crippen molar-refractivity contribution in [3.05, 3.63) is 11.6 Å². The summed E-state index contributed by atoms with van der Waals surface area (Å²) >= 11 is 0. The van der Waals surface area contributed by atoms with Crippen LogP contribution in [0, 0.1) is 11.8 Å². The van der Waals surface area contributed by atoms with Gasteiger partial charge < -0.3 is 5.73 Å². The van der Waals surface area contributed by atoms with E-state index >= 15 is 0 Å². The molecule has 0 aromatic rings. The van der Waals surface area contributed by atoms with Gasteiger partial charge in [-0.3, -0.25) is 0 Å². The van der Waals surface area contributed by atoms with Crippen LogP contribution in [0.25, 0.3) is 0 Å². The molecule has 64 valence electrons. The molecule has 0 aliphatic heterocycles. The normalized spacial score (nSPS) is 44.3. The van der Waals surface area contributed by atoms with Gasteiger partial charge in [0.1, 0.15) is 0 Å². The molecule has 2 N–H and O–H groups in total. The number of nitrogens with two attached hydrogens (primary N) is 1. The van der Waals surface area contributed by atoms with Gasteiger partial charge in [0.05, 0.1) is 0 Å². The van der Waals surface area contributed by atoms with Crippen LogP contribution in [0.1, 0.15) is 34.1 Å². The smallest absolute Gasteiger partial charge is 0.0227 e. The van der Waals surface area contributed by atoms with E-state index in [1.165, 1.54) is 5.57 Å². The Morgan fingerprint density at radius 1 is 1.64 bits per heavy atom. The van der Waals surface area contributed by atoms with Gasteiger partial charge in [0, 0.05) is 11.5 Å². The largest absolute Gasteiger partial charge is 0.325 e. The SMILES string of the molecule is C/C=C(\CC)[C@H]1C(C)C1(C)N. The van der Waals surface area contributed by atoms with E-state index < -0.39 is 0 Å². The van der Waals surface area contributed by atoms with Crippen LogP contribution in [0.5, 0.6) is 0 Å². The van der Waals surface area contributed by atoms with E-state index in [-0.39, 0.29) is 5.54 Å². The van der Waals surface area contributed by atoms with Crippen LogP contribution in [-0.2, 0) is 0 Å². The fourth-order valence-corrected chi connectivity index (χ4v) is 2.08. The zero-order chi connectivity index (χ0) is 8.65. The monoisotopic (exact) mass is 153 g/mol. The molecular weight excluding hydrogens is 134 g/mol. The Balaban J connectivity index is 2.66. The Labute approximate surface area is 69.7 Å². The van der Waals surface area contributed by atoms with E-state index in [1.54, 1.807) is 0 Å². The summed E-state index contributed by atoms with van der Waals surface area (Å²) in [5.41, 5.74) is 7.68. The van der Waals surface area contributed by atoms with Gasteiger partial charge in [-0.15, -0.1) is 0 Å². The highest BCUT2D eigenvalue weighted by molar-refractivity contribution is 5.26. The first-order chi connectivity index (χ1) is 5.05. The van der Waals surface area contributed by atoms with Crippen LogP contribution in [0.15, 0.2) is 11.6 Å². The molecule has 0 bridgehead atoms. The summed E-state index contributed by atoms with van der Waals surface area (Å²) in [4.78, 5) is 0. The molecule has 0 amide bonds. The van der Waals surface area contributed by atoms with Crippen molar-refractivity contribution in [2.75, 3.05) is 0 Å². The van der Waals surface area contributed by atoms with Gasteiger partial charge in [0.2, 0.25) is 0 Å². The highest BCUT2D eigenvalue weighted by Crippen LogP contribution is 2.52. The third-order valence-corrected chi connectivity index (χ3v) is 3.22. The maximum Gasteiger partial charge on any atom is 0.0227 e. The third kappa shape index (κ3) is 1.22. The highest BCUT2D eigenvalue weighted by Gasteiger charge is 2.56. The summed E-state index contributed by atoms with van der Waals surface area (Å²) in [5.74, 6) is 1.33. The summed E-state index contributed by atoms with van der Waals surface area (Å²) < 4.78 is 0. The molecule has 0 spiro atoms. The van der Waals surface area contributed by atoms with Crippen LogP contribution >= 0.6 is 0 Å². The standard InChI is InChI=1S/C10H19N/c1-5-8(6-2)9-7(3)10(9,4)11/h5,7,9H,6,11H2,1-4H3/b8-5+/t7?,9-,10?/m1/s1. The molecule has 11 heavy (non-hydrogen) atoms. The summed E-state index contributed by atoms with van der Waals surface area (Å²) in [6.07, 6.45) is 3.37. The van der Waals surface area contributed by atoms with Gasteiger partial charge in [0.15, 0.2) is 0 Å². The Morgan fingerprint density at radius 2 is 2.09 bits per heavy atom. The quantitative estimate of drug-likeness (QED) is 0.605. The molecule has 3 atom stereocenters. The summed E-state index contributed by atoms with van der Waals surface area (Å²) in [6, 6.07) is 0. The number of rotatable bonds is 2. The molecule has 1 saturated carbocycles. The maximum atomic E-state index is 6.06. The Bertz CT molecular complexity index is 179. The van der Waals surface area contributed by atoms with Crippen molar-refractivity contribution in [2.24, 2.45) is 17.6 Å². The van der Waals surface area contributed by atoms with E-state index in [9.17, 15) is 0 Å². The average molecular weight is 153 g/mol. The fourth-order valence-electron chi connectivity index (χ4n) is 2.08. The van der Waals surface area contributed by atoms with Gasteiger partial charge in [0.25, 0.3) is 0 Å². The molecule has 1 aliphatic carbocycles. The number of hydrogen-bond donors (Lipinski definition) is 1. The highest BCUT2D eigenvalue weighted by atomic mass is 14.9. The molecule has 1 nitrogen and oxygen atoms in total. The molecule has 2 unspecified atom stereocenters. The molecule has 1 rings (SSSR count). The van der Waals surface area contributed by atoms with Crippen molar-refractivity contribution < 1.29 is 0 Å². The minimum Gasteiger partial charge on any atom is -0.325 e. The van der Waals surface area contributed by atoms with Crippen LogP contribution in [0.4, 0.5) is 0 Å². The second-order valence-electron chi connectivity index (χ2n) is 3.85. The lowest BCUT2D eigenvalue weighted by Crippen LogP contribution is -2.21. The molecule has 0 heterocycles. The Morgan fingerprint density at radius 3 is 2.18 bits per heavy atom. The fraction of sp³-hybridized carbons (Fsp3) is 0.800.